The number of phenolic OH excluding ortho intramolecular Hbond substituents is 1. The first-order valence-corrected chi connectivity index (χ1v) is 4.85. The summed E-state index contributed by atoms with van der Waals surface area (Å²) in [5.41, 5.74) is 0.415. The van der Waals surface area contributed by atoms with Gasteiger partial charge in [-0.2, -0.15) is 0 Å². The summed E-state index contributed by atoms with van der Waals surface area (Å²) in [5.74, 6) is -0.824. The number of phenols is 1. The van der Waals surface area contributed by atoms with Crippen molar-refractivity contribution in [3.8, 4) is 5.75 Å². The number of aliphatic imine (C=N–C) groups is 1. The summed E-state index contributed by atoms with van der Waals surface area (Å²) in [5, 5.41) is 18.4. The lowest BCUT2D eigenvalue weighted by molar-refractivity contribution is -0.139. The average molecular weight is 221 g/mol. The molecule has 1 aliphatic heterocycles. The van der Waals surface area contributed by atoms with E-state index in [1.807, 2.05) is 0 Å². The molecule has 2 atom stereocenters. The molecule has 0 aromatic heterocycles. The van der Waals surface area contributed by atoms with Gasteiger partial charge in [0, 0.05) is 0 Å². The molecule has 5 nitrogen and oxygen atoms in total. The van der Waals surface area contributed by atoms with Crippen molar-refractivity contribution in [2.75, 3.05) is 0 Å². The van der Waals surface area contributed by atoms with Crippen molar-refractivity contribution in [3.05, 3.63) is 29.8 Å². The molecular weight excluding hydrogens is 210 g/mol. The van der Waals surface area contributed by atoms with E-state index in [-0.39, 0.29) is 11.6 Å². The summed E-state index contributed by atoms with van der Waals surface area (Å²) in [6.07, 6.45) is -0.521. The highest BCUT2D eigenvalue weighted by Gasteiger charge is 2.34. The lowest BCUT2D eigenvalue weighted by Gasteiger charge is -2.08. The van der Waals surface area contributed by atoms with Crippen LogP contribution in [0.15, 0.2) is 29.3 Å². The van der Waals surface area contributed by atoms with E-state index in [0.717, 1.165) is 0 Å². The van der Waals surface area contributed by atoms with Crippen LogP contribution in [0.25, 0.3) is 0 Å². The summed E-state index contributed by atoms with van der Waals surface area (Å²) >= 11 is 0. The Morgan fingerprint density at radius 1 is 1.44 bits per heavy atom. The number of ether oxygens (including phenoxy) is 1. The number of carboxylic acid groups (broad SMARTS) is 1. The predicted molar refractivity (Wildman–Crippen MR) is 56.6 cm³/mol. The van der Waals surface area contributed by atoms with Crippen LogP contribution in [0.2, 0.25) is 0 Å². The fourth-order valence-electron chi connectivity index (χ4n) is 1.55. The van der Waals surface area contributed by atoms with Gasteiger partial charge in [-0.25, -0.2) is 9.79 Å². The number of hydrogen-bond donors (Lipinski definition) is 2. The topological polar surface area (TPSA) is 79.1 Å². The third kappa shape index (κ3) is 1.71. The molecule has 16 heavy (non-hydrogen) atoms. The number of para-hydroxylation sites is 1. The second kappa shape index (κ2) is 3.84. The van der Waals surface area contributed by atoms with Gasteiger partial charge in [-0.3, -0.25) is 0 Å². The number of hydrogen-bond acceptors (Lipinski definition) is 4. The van der Waals surface area contributed by atoms with E-state index >= 15 is 0 Å². The van der Waals surface area contributed by atoms with Gasteiger partial charge in [0.25, 0.3) is 0 Å². The van der Waals surface area contributed by atoms with Crippen molar-refractivity contribution >= 4 is 11.9 Å². The van der Waals surface area contributed by atoms with E-state index in [4.69, 9.17) is 9.84 Å². The summed E-state index contributed by atoms with van der Waals surface area (Å²) in [6.45, 7) is 1.63. The van der Waals surface area contributed by atoms with Gasteiger partial charge in [0.2, 0.25) is 5.90 Å². The Morgan fingerprint density at radius 2 is 2.12 bits per heavy atom. The molecule has 0 spiro atoms. The quantitative estimate of drug-likeness (QED) is 0.781. The first kappa shape index (κ1) is 10.5. The predicted octanol–water partition coefficient (Wildman–Crippen LogP) is 1.01. The van der Waals surface area contributed by atoms with Crippen LogP contribution in [0.5, 0.6) is 5.75 Å². The fourth-order valence-corrected chi connectivity index (χ4v) is 1.55. The molecule has 2 rings (SSSR count). The number of nitrogens with zero attached hydrogens (tertiary/aromatic N) is 1. The van der Waals surface area contributed by atoms with Crippen LogP contribution in [-0.2, 0) is 9.53 Å². The van der Waals surface area contributed by atoms with Gasteiger partial charge in [0.15, 0.2) is 6.04 Å². The SMILES string of the molecule is C[C@H]1OC(c2ccccc2O)=N[C@H]1C(=O)O. The molecule has 0 saturated heterocycles. The molecule has 0 aliphatic carbocycles. The molecule has 0 amide bonds. The molecule has 0 fully saturated rings. The number of rotatable bonds is 2. The molecule has 1 heterocycles. The molecule has 1 aromatic carbocycles. The minimum absolute atomic E-state index is 0.0273. The number of aliphatic carboxylic acids is 1. The first-order valence-electron chi connectivity index (χ1n) is 4.85. The molecule has 0 saturated carbocycles. The number of carbonyl (C=O) groups is 1. The Bertz CT molecular complexity index is 455. The maximum absolute atomic E-state index is 10.8. The number of benzene rings is 1. The zero-order chi connectivity index (χ0) is 11.7. The Morgan fingerprint density at radius 3 is 2.69 bits per heavy atom. The van der Waals surface area contributed by atoms with Crippen LogP contribution < -0.4 is 0 Å². The third-order valence-corrected chi connectivity index (χ3v) is 2.39. The standard InChI is InChI=1S/C11H11NO4/c1-6-9(11(14)15)12-10(16-6)7-4-2-3-5-8(7)13/h2-6,9,13H,1H3,(H,14,15)/t6-,9-/m1/s1. The zero-order valence-electron chi connectivity index (χ0n) is 8.62. The molecule has 84 valence electrons. The van der Waals surface area contributed by atoms with Crippen molar-refractivity contribution in [2.24, 2.45) is 4.99 Å². The summed E-state index contributed by atoms with van der Waals surface area (Å²) in [4.78, 5) is 14.8. The van der Waals surface area contributed by atoms with Crippen LogP contribution in [-0.4, -0.2) is 34.2 Å². The lowest BCUT2D eigenvalue weighted by Crippen LogP contribution is -2.27. The van der Waals surface area contributed by atoms with Crippen molar-refractivity contribution in [3.63, 3.8) is 0 Å². The van der Waals surface area contributed by atoms with Crippen LogP contribution in [0.1, 0.15) is 12.5 Å². The Balaban J connectivity index is 2.34. The molecular formula is C11H11NO4. The number of carboxylic acids is 1. The van der Waals surface area contributed by atoms with E-state index in [0.29, 0.717) is 5.56 Å². The van der Waals surface area contributed by atoms with E-state index in [1.165, 1.54) is 6.07 Å². The van der Waals surface area contributed by atoms with E-state index in [9.17, 15) is 9.90 Å². The van der Waals surface area contributed by atoms with Gasteiger partial charge in [0.05, 0.1) is 5.56 Å². The summed E-state index contributed by atoms with van der Waals surface area (Å²) in [7, 11) is 0. The van der Waals surface area contributed by atoms with Gasteiger partial charge in [-0.15, -0.1) is 0 Å². The van der Waals surface area contributed by atoms with Crippen LogP contribution in [0.4, 0.5) is 0 Å². The highest BCUT2D eigenvalue weighted by Crippen LogP contribution is 2.23. The minimum Gasteiger partial charge on any atom is -0.507 e. The average Bonchev–Trinajstić information content (AvgIpc) is 2.61. The summed E-state index contributed by atoms with van der Waals surface area (Å²) in [6, 6.07) is 5.62. The zero-order valence-corrected chi connectivity index (χ0v) is 8.62. The molecule has 5 heteroatoms. The normalized spacial score (nSPS) is 23.7. The van der Waals surface area contributed by atoms with Gasteiger partial charge in [-0.05, 0) is 19.1 Å². The molecule has 1 aliphatic rings. The van der Waals surface area contributed by atoms with Crippen molar-refractivity contribution < 1.29 is 19.7 Å². The van der Waals surface area contributed by atoms with Crippen LogP contribution >= 0.6 is 0 Å². The highest BCUT2D eigenvalue weighted by atomic mass is 16.5. The van der Waals surface area contributed by atoms with Crippen molar-refractivity contribution in [2.45, 2.75) is 19.1 Å². The van der Waals surface area contributed by atoms with E-state index in [1.54, 1.807) is 25.1 Å². The van der Waals surface area contributed by atoms with Crippen LogP contribution in [0, 0.1) is 0 Å². The van der Waals surface area contributed by atoms with Crippen molar-refractivity contribution in [1.29, 1.82) is 0 Å². The molecule has 0 bridgehead atoms. The van der Waals surface area contributed by atoms with Gasteiger partial charge >= 0.3 is 5.97 Å². The highest BCUT2D eigenvalue weighted by molar-refractivity contribution is 5.99. The smallest absolute Gasteiger partial charge is 0.332 e. The van der Waals surface area contributed by atoms with Gasteiger partial charge in [0.1, 0.15) is 11.9 Å². The Labute approximate surface area is 92.0 Å². The maximum atomic E-state index is 10.8. The lowest BCUT2D eigenvalue weighted by atomic mass is 10.2. The van der Waals surface area contributed by atoms with Crippen molar-refractivity contribution in [1.82, 2.24) is 0 Å². The van der Waals surface area contributed by atoms with Gasteiger partial charge < -0.3 is 14.9 Å². The summed E-state index contributed by atoms with van der Waals surface area (Å²) < 4.78 is 5.31. The molecule has 2 N–H and O–H groups in total. The van der Waals surface area contributed by atoms with E-state index in [2.05, 4.69) is 4.99 Å². The second-order valence-electron chi connectivity index (χ2n) is 3.56. The third-order valence-electron chi connectivity index (χ3n) is 2.39. The Hall–Kier alpha value is -2.04. The van der Waals surface area contributed by atoms with Gasteiger partial charge in [-0.1, -0.05) is 12.1 Å². The molecule has 1 aromatic rings. The van der Waals surface area contributed by atoms with Crippen LogP contribution in [0.3, 0.4) is 0 Å². The maximum Gasteiger partial charge on any atom is 0.332 e. The largest absolute Gasteiger partial charge is 0.507 e. The Kier molecular flexibility index (Phi) is 2.52. The monoisotopic (exact) mass is 221 g/mol. The van der Waals surface area contributed by atoms with E-state index < -0.39 is 18.1 Å². The second-order valence-corrected chi connectivity index (χ2v) is 3.56. The molecule has 0 unspecified atom stereocenters. The number of aromatic hydroxyl groups is 1. The first-order chi connectivity index (χ1) is 7.59. The molecule has 0 radical (unpaired) electrons. The minimum atomic E-state index is -1.03. The fraction of sp³-hybridized carbons (Fsp3) is 0.273.